The van der Waals surface area contributed by atoms with Crippen LogP contribution in [-0.4, -0.2) is 25.9 Å². The molecule has 17 heavy (non-hydrogen) atoms. The molecule has 0 aliphatic carbocycles. The maximum absolute atomic E-state index is 11.7. The number of carbonyl (C=O) groups excluding carboxylic acids is 1. The van der Waals surface area contributed by atoms with Crippen LogP contribution in [0.4, 0.5) is 11.6 Å². The second kappa shape index (κ2) is 4.28. The number of aromatic amines is 1. The predicted molar refractivity (Wildman–Crippen MR) is 63.6 cm³/mol. The lowest BCUT2D eigenvalue weighted by Gasteiger charge is -2.03. The van der Waals surface area contributed by atoms with E-state index in [0.717, 1.165) is 0 Å². The molecule has 0 unspecified atom stereocenters. The number of aromatic nitrogens is 4. The molecule has 0 atom stereocenters. The summed E-state index contributed by atoms with van der Waals surface area (Å²) in [5.74, 6) is 0.461. The summed E-state index contributed by atoms with van der Waals surface area (Å²) in [5.41, 5.74) is 5.72. The van der Waals surface area contributed by atoms with Crippen molar-refractivity contribution >= 4 is 17.5 Å². The second-order valence-electron chi connectivity index (χ2n) is 3.94. The van der Waals surface area contributed by atoms with Gasteiger partial charge in [0.1, 0.15) is 11.5 Å². The normalized spacial score (nSPS) is 10.8. The molecule has 2 heterocycles. The van der Waals surface area contributed by atoms with Crippen LogP contribution in [0, 0.1) is 0 Å². The first-order valence-corrected chi connectivity index (χ1v) is 5.23. The molecular formula is C10H14N6O. The third-order valence-electron chi connectivity index (χ3n) is 2.22. The first kappa shape index (κ1) is 11.2. The van der Waals surface area contributed by atoms with Gasteiger partial charge in [-0.1, -0.05) is 0 Å². The van der Waals surface area contributed by atoms with Crippen molar-refractivity contribution in [1.29, 1.82) is 0 Å². The minimum atomic E-state index is -0.316. The lowest BCUT2D eigenvalue weighted by atomic mass is 10.4. The largest absolute Gasteiger partial charge is 0.382 e. The fraction of sp³-hybridized carbons (Fsp3) is 0.300. The van der Waals surface area contributed by atoms with Crippen LogP contribution in [0.3, 0.4) is 0 Å². The van der Waals surface area contributed by atoms with Crippen LogP contribution in [0.1, 0.15) is 30.4 Å². The average molecular weight is 234 g/mol. The Hall–Kier alpha value is -2.31. The number of nitrogen functional groups attached to an aromatic ring is 1. The molecule has 2 rings (SSSR count). The van der Waals surface area contributed by atoms with Crippen LogP contribution in [0.25, 0.3) is 0 Å². The van der Waals surface area contributed by atoms with E-state index in [4.69, 9.17) is 5.73 Å². The van der Waals surface area contributed by atoms with Crippen molar-refractivity contribution < 1.29 is 4.79 Å². The molecule has 0 saturated carbocycles. The summed E-state index contributed by atoms with van der Waals surface area (Å²) < 4.78 is 1.76. The van der Waals surface area contributed by atoms with Gasteiger partial charge in [-0.2, -0.15) is 10.2 Å². The van der Waals surface area contributed by atoms with Crippen molar-refractivity contribution in [3.63, 3.8) is 0 Å². The van der Waals surface area contributed by atoms with Crippen molar-refractivity contribution in [3.8, 4) is 0 Å². The zero-order valence-electron chi connectivity index (χ0n) is 9.64. The molecule has 0 bridgehead atoms. The highest BCUT2D eigenvalue weighted by atomic mass is 16.2. The van der Waals surface area contributed by atoms with E-state index in [1.54, 1.807) is 10.7 Å². The fourth-order valence-corrected chi connectivity index (χ4v) is 1.33. The van der Waals surface area contributed by atoms with Gasteiger partial charge in [-0.25, -0.2) is 0 Å². The average Bonchev–Trinajstić information content (AvgIpc) is 2.86. The first-order valence-electron chi connectivity index (χ1n) is 5.23. The SMILES string of the molecule is CC(C)n1ccc(NC(=O)c2cc(N)n[nH]2)n1. The lowest BCUT2D eigenvalue weighted by molar-refractivity contribution is 0.102. The van der Waals surface area contributed by atoms with Crippen molar-refractivity contribution in [2.75, 3.05) is 11.1 Å². The predicted octanol–water partition coefficient (Wildman–Crippen LogP) is 1.02. The first-order chi connectivity index (χ1) is 8.06. The molecule has 0 spiro atoms. The summed E-state index contributed by atoms with van der Waals surface area (Å²) in [6.07, 6.45) is 1.81. The number of nitrogens with one attached hydrogen (secondary N) is 2. The Kier molecular flexibility index (Phi) is 2.82. The van der Waals surface area contributed by atoms with Gasteiger partial charge in [0.05, 0.1) is 0 Å². The van der Waals surface area contributed by atoms with Crippen LogP contribution >= 0.6 is 0 Å². The summed E-state index contributed by atoms with van der Waals surface area (Å²) in [6.45, 7) is 4.02. The summed E-state index contributed by atoms with van der Waals surface area (Å²) in [5, 5.41) is 13.1. The fourth-order valence-electron chi connectivity index (χ4n) is 1.33. The van der Waals surface area contributed by atoms with Gasteiger partial charge in [-0.05, 0) is 13.8 Å². The van der Waals surface area contributed by atoms with Gasteiger partial charge in [-0.15, -0.1) is 0 Å². The van der Waals surface area contributed by atoms with Gasteiger partial charge >= 0.3 is 0 Å². The van der Waals surface area contributed by atoms with Crippen LogP contribution in [-0.2, 0) is 0 Å². The summed E-state index contributed by atoms with van der Waals surface area (Å²) in [4.78, 5) is 11.7. The standard InChI is InChI=1S/C10H14N6O/c1-6(2)16-4-3-9(15-16)12-10(17)7-5-8(11)14-13-7/h3-6H,1-2H3,(H3,11,13,14)(H,12,15,17). The molecule has 4 N–H and O–H groups in total. The molecular weight excluding hydrogens is 220 g/mol. The molecule has 0 saturated heterocycles. The van der Waals surface area contributed by atoms with Crippen LogP contribution in [0.15, 0.2) is 18.3 Å². The molecule has 0 aliphatic rings. The maximum Gasteiger partial charge on any atom is 0.274 e. The van der Waals surface area contributed by atoms with Gasteiger partial charge in [0.15, 0.2) is 5.82 Å². The monoisotopic (exact) mass is 234 g/mol. The van der Waals surface area contributed by atoms with E-state index in [9.17, 15) is 4.79 Å². The minimum absolute atomic E-state index is 0.253. The molecule has 0 aliphatic heterocycles. The Morgan fingerprint density at radius 1 is 1.59 bits per heavy atom. The zero-order chi connectivity index (χ0) is 12.4. The molecule has 0 fully saturated rings. The van der Waals surface area contributed by atoms with Crippen molar-refractivity contribution in [2.24, 2.45) is 0 Å². The van der Waals surface area contributed by atoms with Gasteiger partial charge in [0, 0.05) is 24.4 Å². The lowest BCUT2D eigenvalue weighted by Crippen LogP contribution is -2.13. The smallest absolute Gasteiger partial charge is 0.274 e. The molecule has 0 radical (unpaired) electrons. The topological polar surface area (TPSA) is 102 Å². The Balaban J connectivity index is 2.07. The number of amides is 1. The van der Waals surface area contributed by atoms with E-state index in [1.807, 2.05) is 20.0 Å². The van der Waals surface area contributed by atoms with Crippen LogP contribution in [0.5, 0.6) is 0 Å². The van der Waals surface area contributed by atoms with Crippen molar-refractivity contribution in [1.82, 2.24) is 20.0 Å². The second-order valence-corrected chi connectivity index (χ2v) is 3.94. The Morgan fingerprint density at radius 3 is 2.88 bits per heavy atom. The van der Waals surface area contributed by atoms with Crippen LogP contribution in [0.2, 0.25) is 0 Å². The molecule has 0 aromatic carbocycles. The number of hydrogen-bond acceptors (Lipinski definition) is 4. The van der Waals surface area contributed by atoms with E-state index in [2.05, 4.69) is 20.6 Å². The Morgan fingerprint density at radius 2 is 2.35 bits per heavy atom. The minimum Gasteiger partial charge on any atom is -0.382 e. The molecule has 2 aromatic rings. The molecule has 7 nitrogen and oxygen atoms in total. The maximum atomic E-state index is 11.7. The van der Waals surface area contributed by atoms with E-state index in [-0.39, 0.29) is 17.8 Å². The number of H-pyrrole nitrogens is 1. The summed E-state index contributed by atoms with van der Waals surface area (Å²) in [6, 6.07) is 3.45. The Bertz CT molecular complexity index is 526. The number of nitrogens with zero attached hydrogens (tertiary/aromatic N) is 3. The molecule has 90 valence electrons. The number of hydrogen-bond donors (Lipinski definition) is 3. The third kappa shape index (κ3) is 2.44. The molecule has 1 amide bonds. The van der Waals surface area contributed by atoms with E-state index in [0.29, 0.717) is 11.5 Å². The van der Waals surface area contributed by atoms with Crippen molar-refractivity contribution in [3.05, 3.63) is 24.0 Å². The highest BCUT2D eigenvalue weighted by Gasteiger charge is 2.10. The Labute approximate surface area is 98.0 Å². The number of rotatable bonds is 3. The quantitative estimate of drug-likeness (QED) is 0.737. The highest BCUT2D eigenvalue weighted by Crippen LogP contribution is 2.09. The molecule has 2 aromatic heterocycles. The van der Waals surface area contributed by atoms with Crippen LogP contribution < -0.4 is 11.1 Å². The van der Waals surface area contributed by atoms with E-state index >= 15 is 0 Å². The zero-order valence-corrected chi connectivity index (χ0v) is 9.64. The summed E-state index contributed by atoms with van der Waals surface area (Å²) >= 11 is 0. The summed E-state index contributed by atoms with van der Waals surface area (Å²) in [7, 11) is 0. The van der Waals surface area contributed by atoms with Gasteiger partial charge in [0.25, 0.3) is 5.91 Å². The van der Waals surface area contributed by atoms with E-state index < -0.39 is 0 Å². The number of anilines is 2. The van der Waals surface area contributed by atoms with Crippen molar-refractivity contribution in [2.45, 2.75) is 19.9 Å². The van der Waals surface area contributed by atoms with Gasteiger partial charge < -0.3 is 11.1 Å². The van der Waals surface area contributed by atoms with E-state index in [1.165, 1.54) is 6.07 Å². The van der Waals surface area contributed by atoms with Gasteiger partial charge in [0.2, 0.25) is 0 Å². The highest BCUT2D eigenvalue weighted by molar-refractivity contribution is 6.02. The number of nitrogens with two attached hydrogens (primary N) is 1. The molecule has 7 heteroatoms. The number of carbonyl (C=O) groups is 1. The van der Waals surface area contributed by atoms with Gasteiger partial charge in [-0.3, -0.25) is 14.6 Å². The third-order valence-corrected chi connectivity index (χ3v) is 2.22.